The minimum Gasteiger partial charge on any atom is -0.466 e. The first kappa shape index (κ1) is 35.4. The van der Waals surface area contributed by atoms with Crippen LogP contribution in [0.4, 0.5) is 0 Å². The molecule has 0 N–H and O–H groups in total. The van der Waals surface area contributed by atoms with Gasteiger partial charge >= 0.3 is 5.97 Å². The van der Waals surface area contributed by atoms with E-state index in [0.29, 0.717) is 11.8 Å². The first-order valence-corrected chi connectivity index (χ1v) is 18.2. The third-order valence-electron chi connectivity index (χ3n) is 9.16. The topological polar surface area (TPSA) is 71.1 Å². The highest BCUT2D eigenvalue weighted by atomic mass is 28.4. The number of rotatable bonds is 11. The van der Waals surface area contributed by atoms with E-state index in [1.165, 1.54) is 13.2 Å². The largest absolute Gasteiger partial charge is 0.466 e. The Kier molecular flexibility index (Phi) is 13.0. The molecule has 1 spiro atoms. The molecule has 7 atom stereocenters. The van der Waals surface area contributed by atoms with Gasteiger partial charge in [-0.25, -0.2) is 4.79 Å². The highest BCUT2D eigenvalue weighted by Crippen LogP contribution is 2.44. The average molecular weight is 589 g/mol. The zero-order chi connectivity index (χ0) is 31.0. The monoisotopic (exact) mass is 588 g/mol. The molecule has 41 heavy (non-hydrogen) atoms. The molecular formula is C34H56O6Si. The highest BCUT2D eigenvalue weighted by molar-refractivity contribution is 6.74. The lowest BCUT2D eigenvalue weighted by Crippen LogP contribution is -2.51. The van der Waals surface area contributed by atoms with E-state index in [-0.39, 0.29) is 35.2 Å². The maximum Gasteiger partial charge on any atom is 0.330 e. The molecule has 2 saturated heterocycles. The summed E-state index contributed by atoms with van der Waals surface area (Å²) in [5.41, 5.74) is 1.96. The van der Waals surface area contributed by atoms with Crippen LogP contribution >= 0.6 is 0 Å². The maximum atomic E-state index is 11.6. The fourth-order valence-corrected chi connectivity index (χ4v) is 6.30. The van der Waals surface area contributed by atoms with Crippen LogP contribution in [0.15, 0.2) is 47.6 Å². The van der Waals surface area contributed by atoms with Crippen LogP contribution in [0, 0.1) is 17.8 Å². The van der Waals surface area contributed by atoms with Crippen LogP contribution < -0.4 is 0 Å². The Hall–Kier alpha value is -1.80. The molecule has 0 unspecified atom stereocenters. The molecule has 0 amide bonds. The van der Waals surface area contributed by atoms with Crippen molar-refractivity contribution in [2.24, 2.45) is 17.8 Å². The van der Waals surface area contributed by atoms with Gasteiger partial charge in [0.05, 0.1) is 25.4 Å². The molecule has 2 heterocycles. The summed E-state index contributed by atoms with van der Waals surface area (Å²) in [6.07, 6.45) is 17.2. The Morgan fingerprint density at radius 3 is 2.27 bits per heavy atom. The molecule has 232 valence electrons. The van der Waals surface area contributed by atoms with Crippen LogP contribution in [0.2, 0.25) is 18.1 Å². The van der Waals surface area contributed by atoms with Gasteiger partial charge in [-0.3, -0.25) is 0 Å². The summed E-state index contributed by atoms with van der Waals surface area (Å²) in [5.74, 6) is -0.337. The van der Waals surface area contributed by atoms with E-state index >= 15 is 0 Å². The Morgan fingerprint density at radius 2 is 1.68 bits per heavy atom. The van der Waals surface area contributed by atoms with Crippen molar-refractivity contribution in [3.8, 4) is 0 Å². The van der Waals surface area contributed by atoms with E-state index in [2.05, 4.69) is 72.9 Å². The van der Waals surface area contributed by atoms with E-state index in [0.717, 1.165) is 49.5 Å². The van der Waals surface area contributed by atoms with Crippen LogP contribution in [0.5, 0.6) is 0 Å². The molecule has 0 radical (unpaired) electrons. The number of methoxy groups -OCH3 is 1. The number of hydrogen-bond donors (Lipinski definition) is 0. The highest BCUT2D eigenvalue weighted by Gasteiger charge is 2.45. The molecule has 2 fully saturated rings. The van der Waals surface area contributed by atoms with E-state index < -0.39 is 14.1 Å². The quantitative estimate of drug-likeness (QED) is 0.0798. The van der Waals surface area contributed by atoms with E-state index in [4.69, 9.17) is 18.6 Å². The predicted octanol–water partition coefficient (Wildman–Crippen LogP) is 8.11. The van der Waals surface area contributed by atoms with Gasteiger partial charge < -0.3 is 23.4 Å². The van der Waals surface area contributed by atoms with Crippen LogP contribution in [0.25, 0.3) is 0 Å². The summed E-state index contributed by atoms with van der Waals surface area (Å²) >= 11 is 0. The summed E-state index contributed by atoms with van der Waals surface area (Å²) in [6.45, 7) is 21.5. The lowest BCUT2D eigenvalue weighted by molar-refractivity contribution is -0.323. The molecule has 2 rings (SSSR count). The third kappa shape index (κ3) is 10.5. The molecule has 0 aromatic carbocycles. The van der Waals surface area contributed by atoms with E-state index in [9.17, 15) is 9.59 Å². The van der Waals surface area contributed by atoms with Gasteiger partial charge in [-0.1, -0.05) is 77.5 Å². The number of esters is 1. The SMILES string of the molecule is COC(=O)/C=C(C)/C=C/[C@@H]1O[C@]2(CC[C@@H]1C)CC[C@H](C)[C@@H](C/C=C(C)/C=C/[C@H](O[Si](C)(C)C(C)(C)C)[C@@H](C)C=O)O2. The lowest BCUT2D eigenvalue weighted by Gasteiger charge is -2.49. The molecule has 0 aromatic rings. The van der Waals surface area contributed by atoms with Crippen LogP contribution in [0.3, 0.4) is 0 Å². The van der Waals surface area contributed by atoms with Gasteiger partial charge in [-0.2, -0.15) is 0 Å². The Balaban J connectivity index is 2.10. The Bertz CT molecular complexity index is 999. The van der Waals surface area contributed by atoms with Gasteiger partial charge in [0.25, 0.3) is 0 Å². The zero-order valence-electron chi connectivity index (χ0n) is 27.5. The Morgan fingerprint density at radius 1 is 1.05 bits per heavy atom. The van der Waals surface area contributed by atoms with Crippen molar-refractivity contribution in [1.82, 2.24) is 0 Å². The zero-order valence-corrected chi connectivity index (χ0v) is 28.5. The van der Waals surface area contributed by atoms with Gasteiger partial charge in [0.2, 0.25) is 0 Å². The van der Waals surface area contributed by atoms with Gasteiger partial charge in [0, 0.05) is 24.8 Å². The molecular weight excluding hydrogens is 532 g/mol. The minimum absolute atomic E-state index is 0.0688. The number of aldehydes is 1. The summed E-state index contributed by atoms with van der Waals surface area (Å²) in [5, 5.41) is 0.0728. The fraction of sp³-hybridized carbons (Fsp3) is 0.706. The summed E-state index contributed by atoms with van der Waals surface area (Å²) in [6, 6.07) is 0. The van der Waals surface area contributed by atoms with Gasteiger partial charge in [0.1, 0.15) is 6.29 Å². The van der Waals surface area contributed by atoms with Crippen LogP contribution in [0.1, 0.15) is 87.5 Å². The molecule has 7 heteroatoms. The van der Waals surface area contributed by atoms with Crippen molar-refractivity contribution < 1.29 is 28.2 Å². The molecule has 0 aromatic heterocycles. The van der Waals surface area contributed by atoms with E-state index in [1.54, 1.807) is 0 Å². The normalized spacial score (nSPS) is 30.1. The fourth-order valence-electron chi connectivity index (χ4n) is 4.97. The summed E-state index contributed by atoms with van der Waals surface area (Å²) in [7, 11) is -0.639. The van der Waals surface area contributed by atoms with E-state index in [1.807, 2.05) is 26.0 Å². The number of allylic oxidation sites excluding steroid dienone is 4. The molecule has 2 aliphatic rings. The Labute approximate surface area is 250 Å². The standard InChI is InChI=1S/C34H56O6Si/c1-24(13-17-31(28(5)23-35)40-41(10,11)33(6,7)8)12-15-29-26(3)18-20-34(38-29)21-19-27(4)30(39-34)16-14-25(2)22-32(36)37-9/h12-14,16-17,22-23,26-31H,15,18-21H2,1-11H3/b16-14+,17-13+,24-12+,25-22+/t26-,27-,28-,29+,30-,31-,34-/m0/s1. The van der Waals surface area contributed by atoms with Crippen LogP contribution in [-0.2, 0) is 28.2 Å². The number of ether oxygens (including phenoxy) is 3. The smallest absolute Gasteiger partial charge is 0.330 e. The predicted molar refractivity (Wildman–Crippen MR) is 169 cm³/mol. The van der Waals surface area contributed by atoms with Crippen molar-refractivity contribution in [3.63, 3.8) is 0 Å². The summed E-state index contributed by atoms with van der Waals surface area (Å²) < 4.78 is 24.7. The van der Waals surface area contributed by atoms with Crippen molar-refractivity contribution in [1.29, 1.82) is 0 Å². The van der Waals surface area contributed by atoms with Crippen molar-refractivity contribution in [3.05, 3.63) is 47.6 Å². The number of carbonyl (C=O) groups is 2. The minimum atomic E-state index is -2.02. The van der Waals surface area contributed by atoms with Gasteiger partial charge in [-0.05, 0) is 68.7 Å². The number of hydrogen-bond acceptors (Lipinski definition) is 6. The first-order valence-electron chi connectivity index (χ1n) is 15.3. The second kappa shape index (κ2) is 15.1. The second-order valence-corrected chi connectivity index (χ2v) is 18.6. The van der Waals surface area contributed by atoms with Gasteiger partial charge in [0.15, 0.2) is 14.1 Å². The molecule has 0 aliphatic carbocycles. The van der Waals surface area contributed by atoms with Crippen molar-refractivity contribution >= 4 is 20.6 Å². The molecule has 2 aliphatic heterocycles. The van der Waals surface area contributed by atoms with Crippen molar-refractivity contribution in [2.75, 3.05) is 7.11 Å². The lowest BCUT2D eigenvalue weighted by atomic mass is 9.83. The molecule has 0 bridgehead atoms. The summed E-state index contributed by atoms with van der Waals surface area (Å²) in [4.78, 5) is 23.2. The third-order valence-corrected chi connectivity index (χ3v) is 13.6. The maximum absolute atomic E-state index is 11.6. The first-order chi connectivity index (χ1) is 19.0. The second-order valence-electron chi connectivity index (χ2n) is 13.8. The van der Waals surface area contributed by atoms with Gasteiger partial charge in [-0.15, -0.1) is 0 Å². The average Bonchev–Trinajstić information content (AvgIpc) is 2.90. The molecule has 0 saturated carbocycles. The van der Waals surface area contributed by atoms with Crippen LogP contribution in [-0.4, -0.2) is 51.8 Å². The number of carbonyl (C=O) groups excluding carboxylic acids is 2. The van der Waals surface area contributed by atoms with Crippen molar-refractivity contribution in [2.45, 2.75) is 130 Å². The molecule has 6 nitrogen and oxygen atoms in total.